The Morgan fingerprint density at radius 2 is 2.36 bits per heavy atom. The number of H-pyrrole nitrogens is 1. The van der Waals surface area contributed by atoms with Gasteiger partial charge in [0, 0.05) is 23.1 Å². The predicted octanol–water partition coefficient (Wildman–Crippen LogP) is -0.367. The number of nitrogens with zero attached hydrogens (tertiary/aromatic N) is 4. The van der Waals surface area contributed by atoms with Gasteiger partial charge in [-0.05, 0) is 19.4 Å². The van der Waals surface area contributed by atoms with E-state index in [0.29, 0.717) is 5.56 Å². The summed E-state index contributed by atoms with van der Waals surface area (Å²) in [5.74, 6) is -0.633. The molecule has 1 aromatic rings. The van der Waals surface area contributed by atoms with Gasteiger partial charge in [0.15, 0.2) is 0 Å². The fourth-order valence-corrected chi connectivity index (χ4v) is 2.31. The van der Waals surface area contributed by atoms with Gasteiger partial charge in [0.05, 0.1) is 0 Å². The molecule has 1 aliphatic heterocycles. The van der Waals surface area contributed by atoms with Crippen molar-refractivity contribution in [2.24, 2.45) is 11.0 Å². The molecular formula is C13H18N6O6. The lowest BCUT2D eigenvalue weighted by Gasteiger charge is -2.17. The molecule has 0 bridgehead atoms. The Bertz CT molecular complexity index is 795. The molecule has 12 heteroatoms. The molecule has 0 aliphatic carbocycles. The van der Waals surface area contributed by atoms with Crippen LogP contribution in [-0.2, 0) is 19.1 Å². The molecule has 2 heterocycles. The summed E-state index contributed by atoms with van der Waals surface area (Å²) in [4.78, 5) is 44.6. The Morgan fingerprint density at radius 1 is 1.64 bits per heavy atom. The van der Waals surface area contributed by atoms with Crippen molar-refractivity contribution < 1.29 is 19.1 Å². The number of azide groups is 1. The third-order valence-electron chi connectivity index (χ3n) is 3.62. The normalized spacial score (nSPS) is 23.6. The molecule has 136 valence electrons. The molecule has 12 nitrogen and oxygen atoms in total. The average molecular weight is 354 g/mol. The maximum Gasteiger partial charge on any atom is 0.330 e. The highest BCUT2D eigenvalue weighted by Gasteiger charge is 2.39. The molecule has 3 N–H and O–H groups in total. The van der Waals surface area contributed by atoms with Crippen molar-refractivity contribution in [2.75, 3.05) is 6.61 Å². The van der Waals surface area contributed by atoms with Crippen LogP contribution in [0.25, 0.3) is 10.4 Å². The molecule has 1 aromatic heterocycles. The molecule has 1 unspecified atom stereocenters. The van der Waals surface area contributed by atoms with Gasteiger partial charge in [-0.2, -0.15) is 0 Å². The van der Waals surface area contributed by atoms with E-state index in [1.807, 2.05) is 0 Å². The van der Waals surface area contributed by atoms with E-state index in [2.05, 4.69) is 15.2 Å². The highest BCUT2D eigenvalue weighted by Crippen LogP contribution is 2.30. The molecule has 2 rings (SSSR count). The number of rotatable bonds is 6. The Labute approximate surface area is 141 Å². The topological polar surface area (TPSA) is 174 Å². The molecule has 0 saturated carbocycles. The molecule has 1 aliphatic rings. The number of aromatic amines is 1. The molecule has 0 amide bonds. The van der Waals surface area contributed by atoms with Gasteiger partial charge in [0.1, 0.15) is 36.4 Å². The summed E-state index contributed by atoms with van der Waals surface area (Å²) < 4.78 is 11.9. The van der Waals surface area contributed by atoms with Crippen molar-refractivity contribution in [2.45, 2.75) is 44.7 Å². The van der Waals surface area contributed by atoms with E-state index in [-0.39, 0.29) is 13.0 Å². The third kappa shape index (κ3) is 4.38. The van der Waals surface area contributed by atoms with Crippen LogP contribution in [0.1, 0.15) is 25.1 Å². The van der Waals surface area contributed by atoms with Gasteiger partial charge in [0.25, 0.3) is 5.56 Å². The number of hydrogen-bond donors (Lipinski definition) is 2. The number of carbonyl (C=O) groups is 1. The largest absolute Gasteiger partial charge is 0.462 e. The standard InChI is InChI=1S/C13H18N6O6/c1-6-4-19(13(22)16-11(6)20)10-3-8(25-18-17-15)9(24-10)5-23-12(21)7(2)14/h4,7-10H,3,5,14H2,1-2H3,(H,16,20,22)/t7-,8?,9+,10+/m0/s1. The summed E-state index contributed by atoms with van der Waals surface area (Å²) in [6.45, 7) is 2.82. The van der Waals surface area contributed by atoms with Gasteiger partial charge in [-0.3, -0.25) is 19.1 Å². The van der Waals surface area contributed by atoms with E-state index >= 15 is 0 Å². The monoisotopic (exact) mass is 354 g/mol. The van der Waals surface area contributed by atoms with Crippen molar-refractivity contribution in [1.82, 2.24) is 9.55 Å². The van der Waals surface area contributed by atoms with Crippen LogP contribution in [0.3, 0.4) is 0 Å². The number of aromatic nitrogens is 2. The van der Waals surface area contributed by atoms with Crippen LogP contribution in [0.15, 0.2) is 21.1 Å². The number of nitrogens with one attached hydrogen (secondary N) is 1. The molecule has 25 heavy (non-hydrogen) atoms. The molecule has 0 radical (unpaired) electrons. The summed E-state index contributed by atoms with van der Waals surface area (Å²) in [6, 6.07) is -0.807. The minimum atomic E-state index is -0.807. The zero-order valence-electron chi connectivity index (χ0n) is 13.6. The van der Waals surface area contributed by atoms with Crippen LogP contribution in [0, 0.1) is 6.92 Å². The highest BCUT2D eigenvalue weighted by molar-refractivity contribution is 5.74. The summed E-state index contributed by atoms with van der Waals surface area (Å²) in [6.07, 6.45) is -0.823. The molecule has 0 spiro atoms. The van der Waals surface area contributed by atoms with Crippen LogP contribution in [0.2, 0.25) is 0 Å². The first-order chi connectivity index (χ1) is 11.8. The van der Waals surface area contributed by atoms with E-state index in [1.54, 1.807) is 6.92 Å². The summed E-state index contributed by atoms with van der Waals surface area (Å²) in [5.41, 5.74) is 13.0. The zero-order valence-corrected chi connectivity index (χ0v) is 13.6. The fourth-order valence-electron chi connectivity index (χ4n) is 2.31. The maximum absolute atomic E-state index is 12.0. The molecule has 1 saturated heterocycles. The van der Waals surface area contributed by atoms with Gasteiger partial charge < -0.3 is 20.0 Å². The average Bonchev–Trinajstić information content (AvgIpc) is 2.96. The van der Waals surface area contributed by atoms with Crippen LogP contribution < -0.4 is 17.0 Å². The number of carbonyl (C=O) groups excluding carboxylic acids is 1. The van der Waals surface area contributed by atoms with Crippen molar-refractivity contribution in [1.29, 1.82) is 0 Å². The number of ether oxygens (including phenoxy) is 2. The lowest BCUT2D eigenvalue weighted by Crippen LogP contribution is -2.35. The first kappa shape index (κ1) is 18.5. The predicted molar refractivity (Wildman–Crippen MR) is 83.2 cm³/mol. The highest BCUT2D eigenvalue weighted by atomic mass is 16.7. The lowest BCUT2D eigenvalue weighted by molar-refractivity contribution is -0.152. The minimum absolute atomic E-state index is 0.144. The number of aryl methyl sites for hydroxylation is 1. The van der Waals surface area contributed by atoms with Crippen molar-refractivity contribution >= 4 is 5.97 Å². The maximum atomic E-state index is 12.0. The second-order valence-corrected chi connectivity index (χ2v) is 5.58. The first-order valence-corrected chi connectivity index (χ1v) is 7.43. The van der Waals surface area contributed by atoms with Gasteiger partial charge >= 0.3 is 11.7 Å². The van der Waals surface area contributed by atoms with E-state index < -0.39 is 41.7 Å². The first-order valence-electron chi connectivity index (χ1n) is 7.43. The van der Waals surface area contributed by atoms with Gasteiger partial charge in [-0.1, -0.05) is 0 Å². The van der Waals surface area contributed by atoms with Gasteiger partial charge in [-0.15, -0.1) is 0 Å². The van der Waals surface area contributed by atoms with E-state index in [4.69, 9.17) is 25.6 Å². The molecule has 4 atom stereocenters. The van der Waals surface area contributed by atoms with Crippen LogP contribution >= 0.6 is 0 Å². The second kappa shape index (κ2) is 7.83. The Balaban J connectivity index is 2.18. The van der Waals surface area contributed by atoms with Crippen molar-refractivity contribution in [3.63, 3.8) is 0 Å². The van der Waals surface area contributed by atoms with E-state index in [1.165, 1.54) is 17.7 Å². The van der Waals surface area contributed by atoms with Gasteiger partial charge in [0.2, 0.25) is 0 Å². The van der Waals surface area contributed by atoms with E-state index in [9.17, 15) is 14.4 Å². The fraction of sp³-hybridized carbons (Fsp3) is 0.615. The van der Waals surface area contributed by atoms with Crippen LogP contribution in [0.5, 0.6) is 0 Å². The summed E-state index contributed by atoms with van der Waals surface area (Å²) in [5, 5.41) is 3.04. The lowest BCUT2D eigenvalue weighted by atomic mass is 10.2. The molecule has 0 aromatic carbocycles. The SMILES string of the molecule is Cc1cn([C@H]2CC(ON=[N+]=[N-])[C@@H](COC(=O)[C@H](C)N)O2)c(=O)[nH]c1=O. The Morgan fingerprint density at radius 3 is 3.00 bits per heavy atom. The Hall–Kier alpha value is -2.82. The number of nitrogens with two attached hydrogens (primary N) is 1. The second-order valence-electron chi connectivity index (χ2n) is 5.58. The number of hydrogen-bond acceptors (Lipinski definition) is 8. The summed E-state index contributed by atoms with van der Waals surface area (Å²) >= 11 is 0. The zero-order chi connectivity index (χ0) is 18.6. The van der Waals surface area contributed by atoms with Crippen molar-refractivity contribution in [3.8, 4) is 0 Å². The van der Waals surface area contributed by atoms with E-state index in [0.717, 1.165) is 0 Å². The molecule has 1 fully saturated rings. The third-order valence-corrected chi connectivity index (χ3v) is 3.62. The minimum Gasteiger partial charge on any atom is -0.462 e. The van der Waals surface area contributed by atoms with Gasteiger partial charge in [-0.25, -0.2) is 4.79 Å². The summed E-state index contributed by atoms with van der Waals surface area (Å²) in [7, 11) is 0. The molecular weight excluding hydrogens is 336 g/mol. The number of esters is 1. The smallest absolute Gasteiger partial charge is 0.330 e. The van der Waals surface area contributed by atoms with Crippen LogP contribution in [0.4, 0.5) is 0 Å². The quantitative estimate of drug-likeness (QED) is 0.230. The van der Waals surface area contributed by atoms with Crippen molar-refractivity contribution in [3.05, 3.63) is 43.0 Å². The Kier molecular flexibility index (Phi) is 5.80. The van der Waals surface area contributed by atoms with Crippen LogP contribution in [-0.4, -0.2) is 40.4 Å².